The van der Waals surface area contributed by atoms with Crippen LogP contribution in [0.3, 0.4) is 0 Å². The van der Waals surface area contributed by atoms with Crippen LogP contribution in [0.5, 0.6) is 0 Å². The van der Waals surface area contributed by atoms with E-state index in [1.54, 1.807) is 30.3 Å². The zero-order chi connectivity index (χ0) is 17.6. The maximum absolute atomic E-state index is 12.2. The largest absolute Gasteiger partial charge is 0.457 e. The quantitative estimate of drug-likeness (QED) is 0.680. The van der Waals surface area contributed by atoms with Crippen LogP contribution in [0.2, 0.25) is 0 Å². The molecule has 126 valence electrons. The van der Waals surface area contributed by atoms with E-state index in [0.29, 0.717) is 10.4 Å². The molecule has 0 radical (unpaired) electrons. The molecule has 1 amide bonds. The molecule has 0 saturated heterocycles. The summed E-state index contributed by atoms with van der Waals surface area (Å²) >= 11 is 1.41. The summed E-state index contributed by atoms with van der Waals surface area (Å²) in [6, 6.07) is 19.9. The maximum atomic E-state index is 12.2. The first-order chi connectivity index (χ1) is 12.1. The van der Waals surface area contributed by atoms with Gasteiger partial charge in [0.25, 0.3) is 5.91 Å². The number of benzene rings is 2. The molecule has 0 spiro atoms. The second-order valence-electron chi connectivity index (χ2n) is 5.50. The normalized spacial score (nSPS) is 10.3. The van der Waals surface area contributed by atoms with Crippen LogP contribution in [-0.4, -0.2) is 11.9 Å². The number of nitrogens with one attached hydrogen (secondary N) is 1. The summed E-state index contributed by atoms with van der Waals surface area (Å²) in [5.41, 5.74) is 2.13. The number of hydrogen-bond donors (Lipinski definition) is 1. The number of carbonyl (C=O) groups excluding carboxylic acids is 2. The van der Waals surface area contributed by atoms with Gasteiger partial charge in [-0.15, -0.1) is 11.3 Å². The SMILES string of the molecule is Cc1ccc(C(=O)OCc2ccc(C(=O)Nc3ccccc3)cc2)s1. The second kappa shape index (κ2) is 7.77. The fraction of sp³-hybridized carbons (Fsp3) is 0.100. The summed E-state index contributed by atoms with van der Waals surface area (Å²) in [6.45, 7) is 2.12. The molecular weight excluding hydrogens is 334 g/mol. The molecule has 3 aromatic rings. The Bertz CT molecular complexity index is 869. The first-order valence-corrected chi connectivity index (χ1v) is 8.62. The van der Waals surface area contributed by atoms with Crippen molar-refractivity contribution < 1.29 is 14.3 Å². The molecular formula is C20H17NO3S. The number of carbonyl (C=O) groups is 2. The fourth-order valence-electron chi connectivity index (χ4n) is 2.24. The van der Waals surface area contributed by atoms with Crippen molar-refractivity contribution in [3.8, 4) is 0 Å². The highest BCUT2D eigenvalue weighted by Gasteiger charge is 2.10. The van der Waals surface area contributed by atoms with E-state index in [4.69, 9.17) is 4.74 Å². The van der Waals surface area contributed by atoms with Gasteiger partial charge in [0.05, 0.1) is 0 Å². The minimum atomic E-state index is -0.330. The number of para-hydroxylation sites is 1. The predicted molar refractivity (Wildman–Crippen MR) is 99.0 cm³/mol. The smallest absolute Gasteiger partial charge is 0.348 e. The van der Waals surface area contributed by atoms with Crippen molar-refractivity contribution in [3.63, 3.8) is 0 Å². The molecule has 3 rings (SSSR count). The van der Waals surface area contributed by atoms with Crippen molar-refractivity contribution in [2.45, 2.75) is 13.5 Å². The molecule has 0 aliphatic carbocycles. The number of anilines is 1. The monoisotopic (exact) mass is 351 g/mol. The Hall–Kier alpha value is -2.92. The number of thiophene rings is 1. The van der Waals surface area contributed by atoms with Crippen molar-refractivity contribution in [2.24, 2.45) is 0 Å². The molecule has 0 bridgehead atoms. The lowest BCUT2D eigenvalue weighted by atomic mass is 10.1. The highest BCUT2D eigenvalue weighted by atomic mass is 32.1. The number of aryl methyl sites for hydroxylation is 1. The van der Waals surface area contributed by atoms with E-state index in [1.807, 2.05) is 43.3 Å². The third-order valence-electron chi connectivity index (χ3n) is 3.56. The predicted octanol–water partition coefficient (Wildman–Crippen LogP) is 4.67. The molecule has 2 aromatic carbocycles. The second-order valence-corrected chi connectivity index (χ2v) is 6.79. The number of rotatable bonds is 5. The van der Waals surface area contributed by atoms with E-state index >= 15 is 0 Å². The van der Waals surface area contributed by atoms with Gasteiger partial charge in [0.1, 0.15) is 11.5 Å². The minimum absolute atomic E-state index is 0.177. The summed E-state index contributed by atoms with van der Waals surface area (Å²) in [5, 5.41) is 2.83. The summed E-state index contributed by atoms with van der Waals surface area (Å²) in [4.78, 5) is 25.8. The highest BCUT2D eigenvalue weighted by Crippen LogP contribution is 2.17. The Labute approximate surface area is 150 Å². The van der Waals surface area contributed by atoms with E-state index in [9.17, 15) is 9.59 Å². The third-order valence-corrected chi connectivity index (χ3v) is 4.54. The van der Waals surface area contributed by atoms with Gasteiger partial charge in [0.15, 0.2) is 0 Å². The van der Waals surface area contributed by atoms with Crippen molar-refractivity contribution in [1.82, 2.24) is 0 Å². The van der Waals surface area contributed by atoms with Gasteiger partial charge in [0.2, 0.25) is 0 Å². The van der Waals surface area contributed by atoms with Crippen molar-refractivity contribution in [2.75, 3.05) is 5.32 Å². The van der Waals surface area contributed by atoms with Crippen molar-refractivity contribution in [1.29, 1.82) is 0 Å². The lowest BCUT2D eigenvalue weighted by Gasteiger charge is -2.07. The molecule has 4 nitrogen and oxygen atoms in total. The molecule has 5 heteroatoms. The van der Waals surface area contributed by atoms with Gasteiger partial charge in [-0.1, -0.05) is 30.3 Å². The summed E-state index contributed by atoms with van der Waals surface area (Å²) in [7, 11) is 0. The van der Waals surface area contributed by atoms with Gasteiger partial charge in [-0.05, 0) is 48.9 Å². The van der Waals surface area contributed by atoms with Gasteiger partial charge < -0.3 is 10.1 Å². The number of amides is 1. The average molecular weight is 351 g/mol. The Balaban J connectivity index is 1.56. The van der Waals surface area contributed by atoms with E-state index in [0.717, 1.165) is 16.1 Å². The van der Waals surface area contributed by atoms with Crippen LogP contribution >= 0.6 is 11.3 Å². The van der Waals surface area contributed by atoms with E-state index < -0.39 is 0 Å². The summed E-state index contributed by atoms with van der Waals surface area (Å²) in [6.07, 6.45) is 0. The highest BCUT2D eigenvalue weighted by molar-refractivity contribution is 7.13. The molecule has 0 saturated carbocycles. The Morgan fingerprint density at radius 2 is 1.68 bits per heavy atom. The number of esters is 1. The van der Waals surface area contributed by atoms with E-state index in [-0.39, 0.29) is 18.5 Å². The van der Waals surface area contributed by atoms with Gasteiger partial charge in [-0.25, -0.2) is 4.79 Å². The number of hydrogen-bond acceptors (Lipinski definition) is 4. The lowest BCUT2D eigenvalue weighted by molar-refractivity contribution is 0.0478. The van der Waals surface area contributed by atoms with Crippen LogP contribution in [0.1, 0.15) is 30.5 Å². The molecule has 1 heterocycles. The molecule has 0 aliphatic heterocycles. The first-order valence-electron chi connectivity index (χ1n) is 7.81. The standard InChI is InChI=1S/C20H17NO3S/c1-14-7-12-18(25-14)20(23)24-13-15-8-10-16(11-9-15)19(22)21-17-5-3-2-4-6-17/h2-12H,13H2,1H3,(H,21,22). The maximum Gasteiger partial charge on any atom is 0.348 e. The lowest BCUT2D eigenvalue weighted by Crippen LogP contribution is -2.11. The molecule has 1 N–H and O–H groups in total. The summed E-state index contributed by atoms with van der Waals surface area (Å²) in [5.74, 6) is -0.507. The van der Waals surface area contributed by atoms with Gasteiger partial charge in [-0.2, -0.15) is 0 Å². The van der Waals surface area contributed by atoms with Gasteiger partial charge in [0, 0.05) is 16.1 Å². The minimum Gasteiger partial charge on any atom is -0.457 e. The van der Waals surface area contributed by atoms with Gasteiger partial charge in [-0.3, -0.25) is 4.79 Å². The molecule has 0 fully saturated rings. The van der Waals surface area contributed by atoms with Crippen molar-refractivity contribution >= 4 is 28.9 Å². The van der Waals surface area contributed by atoms with Crippen LogP contribution < -0.4 is 5.32 Å². The molecule has 25 heavy (non-hydrogen) atoms. The van der Waals surface area contributed by atoms with Crippen LogP contribution in [0, 0.1) is 6.92 Å². The van der Waals surface area contributed by atoms with E-state index in [1.165, 1.54) is 11.3 Å². The third kappa shape index (κ3) is 4.55. The zero-order valence-corrected chi connectivity index (χ0v) is 14.5. The molecule has 0 aliphatic rings. The number of ether oxygens (including phenoxy) is 1. The van der Waals surface area contributed by atoms with Crippen LogP contribution in [0.15, 0.2) is 66.7 Å². The van der Waals surface area contributed by atoms with Crippen molar-refractivity contribution in [3.05, 3.63) is 87.6 Å². The van der Waals surface area contributed by atoms with Crippen LogP contribution in [0.4, 0.5) is 5.69 Å². The molecule has 0 unspecified atom stereocenters. The Morgan fingerprint density at radius 1 is 0.960 bits per heavy atom. The molecule has 0 atom stereocenters. The average Bonchev–Trinajstić information content (AvgIpc) is 3.07. The van der Waals surface area contributed by atoms with E-state index in [2.05, 4.69) is 5.32 Å². The Morgan fingerprint density at radius 3 is 2.32 bits per heavy atom. The fourth-order valence-corrected chi connectivity index (χ4v) is 3.00. The van der Waals surface area contributed by atoms with Crippen LogP contribution in [-0.2, 0) is 11.3 Å². The van der Waals surface area contributed by atoms with Gasteiger partial charge >= 0.3 is 5.97 Å². The summed E-state index contributed by atoms with van der Waals surface area (Å²) < 4.78 is 5.29. The topological polar surface area (TPSA) is 55.4 Å². The zero-order valence-electron chi connectivity index (χ0n) is 13.7. The molecule has 1 aromatic heterocycles. The Kier molecular flexibility index (Phi) is 5.26. The van der Waals surface area contributed by atoms with Crippen LogP contribution in [0.25, 0.3) is 0 Å². The first kappa shape index (κ1) is 16.9.